The molecule has 0 unspecified atom stereocenters. The van der Waals surface area contributed by atoms with Crippen LogP contribution < -0.4 is 0 Å². The third-order valence-corrected chi connectivity index (χ3v) is 11.8. The van der Waals surface area contributed by atoms with Crippen LogP contribution in [0.1, 0.15) is 85.5 Å². The Morgan fingerprint density at radius 2 is 2.03 bits per heavy atom. The van der Waals surface area contributed by atoms with Crippen LogP contribution in [0.4, 0.5) is 0 Å². The minimum absolute atomic E-state index is 0.00932. The fraction of sp³-hybridized carbons (Fsp3) is 0.867. The molecule has 6 aliphatic rings. The van der Waals surface area contributed by atoms with Crippen LogP contribution >= 0.6 is 11.6 Å². The molecule has 2 heterocycles. The highest BCUT2D eigenvalue weighted by atomic mass is 35.5. The summed E-state index contributed by atoms with van der Waals surface area (Å²) in [6, 6.07) is 0.534. The van der Waals surface area contributed by atoms with Crippen molar-refractivity contribution in [3.8, 4) is 0 Å². The number of piperidine rings is 1. The van der Waals surface area contributed by atoms with Crippen molar-refractivity contribution in [1.29, 1.82) is 0 Å². The van der Waals surface area contributed by atoms with Gasteiger partial charge >= 0.3 is 0 Å². The van der Waals surface area contributed by atoms with Gasteiger partial charge in [0.15, 0.2) is 0 Å². The molecule has 0 amide bonds. The summed E-state index contributed by atoms with van der Waals surface area (Å²) in [5.41, 5.74) is 5.34. The van der Waals surface area contributed by atoms with Crippen LogP contribution in [0.2, 0.25) is 0 Å². The average Bonchev–Trinajstić information content (AvgIpc) is 3.25. The first kappa shape index (κ1) is 24.0. The van der Waals surface area contributed by atoms with Crippen molar-refractivity contribution < 1.29 is 9.84 Å². The Morgan fingerprint density at radius 3 is 2.82 bits per heavy atom. The molecule has 1 N–H and O–H groups in total. The summed E-state index contributed by atoms with van der Waals surface area (Å²) in [4.78, 5) is 2.67. The molecule has 10 atom stereocenters. The van der Waals surface area contributed by atoms with Gasteiger partial charge in [0.25, 0.3) is 0 Å². The van der Waals surface area contributed by atoms with E-state index < -0.39 is 0 Å². The van der Waals surface area contributed by atoms with Crippen molar-refractivity contribution in [1.82, 2.24) is 4.90 Å². The van der Waals surface area contributed by atoms with Crippen LogP contribution in [0.5, 0.6) is 0 Å². The number of halogens is 1. The number of alkyl halides is 1. The predicted molar refractivity (Wildman–Crippen MR) is 139 cm³/mol. The van der Waals surface area contributed by atoms with Crippen molar-refractivity contribution in [2.24, 2.45) is 35.0 Å². The second-order valence-corrected chi connectivity index (χ2v) is 13.8. The molecule has 4 aliphatic carbocycles. The highest BCUT2D eigenvalue weighted by Gasteiger charge is 2.59. The van der Waals surface area contributed by atoms with Gasteiger partial charge in [-0.15, -0.1) is 11.6 Å². The summed E-state index contributed by atoms with van der Waals surface area (Å²) in [6.07, 6.45) is 13.2. The van der Waals surface area contributed by atoms with E-state index in [9.17, 15) is 5.11 Å². The van der Waals surface area contributed by atoms with Crippen molar-refractivity contribution in [3.05, 3.63) is 22.8 Å². The number of ether oxygens (including phenoxy) is 1. The van der Waals surface area contributed by atoms with Gasteiger partial charge in [0.05, 0.1) is 17.8 Å². The van der Waals surface area contributed by atoms with Gasteiger partial charge in [-0.3, -0.25) is 4.90 Å². The van der Waals surface area contributed by atoms with Gasteiger partial charge in [0.1, 0.15) is 0 Å². The maximum atomic E-state index is 10.3. The van der Waals surface area contributed by atoms with Gasteiger partial charge in [-0.1, -0.05) is 43.6 Å². The standard InChI is InChI=1S/C30H46ClNO2/c1-18-13-27-28(32(17-18)12-11-31)20(3)30(34-27)10-8-23-24-6-5-21-14-22(33)7-9-29(21,4)26(24)15-25(23)19(2)16-30/h5,18,20,22-24,26-28,33H,6-17H2,1-4H3/t18-,20+,22-,23-,24-,26-,27+,28-,29-,30-/m0/s1. The molecule has 4 fully saturated rings. The second kappa shape index (κ2) is 8.61. The van der Waals surface area contributed by atoms with E-state index >= 15 is 0 Å². The van der Waals surface area contributed by atoms with E-state index in [2.05, 4.69) is 38.7 Å². The highest BCUT2D eigenvalue weighted by molar-refractivity contribution is 6.18. The third-order valence-electron chi connectivity index (χ3n) is 11.6. The summed E-state index contributed by atoms with van der Waals surface area (Å²) in [7, 11) is 0. The molecule has 3 nitrogen and oxygen atoms in total. The first-order valence-electron chi connectivity index (χ1n) is 14.3. The zero-order valence-corrected chi connectivity index (χ0v) is 22.6. The van der Waals surface area contributed by atoms with Crippen LogP contribution in [0.15, 0.2) is 22.8 Å². The SMILES string of the molecule is CC1=C2C[C@H]3[C@@H](CC=C4C[C@@H](O)CC[C@@]43C)[C@@H]2CC[C@@]2(C1)O[C@@H]1C[C@H](C)CN(CCCl)[C@H]1[C@H]2C. The summed E-state index contributed by atoms with van der Waals surface area (Å²) >= 11 is 6.24. The molecule has 2 saturated heterocycles. The van der Waals surface area contributed by atoms with Gasteiger partial charge < -0.3 is 9.84 Å². The van der Waals surface area contributed by atoms with E-state index in [0.717, 1.165) is 49.4 Å². The summed E-state index contributed by atoms with van der Waals surface area (Å²) in [5, 5.41) is 10.3. The molecular weight excluding hydrogens is 442 g/mol. The molecular formula is C30H46ClNO2. The molecule has 0 aromatic carbocycles. The largest absolute Gasteiger partial charge is 0.393 e. The first-order valence-corrected chi connectivity index (χ1v) is 14.8. The maximum absolute atomic E-state index is 10.3. The number of fused-ring (bicyclic) bond motifs is 6. The molecule has 190 valence electrons. The van der Waals surface area contributed by atoms with Crippen molar-refractivity contribution in [3.63, 3.8) is 0 Å². The van der Waals surface area contributed by atoms with Gasteiger partial charge in [-0.25, -0.2) is 0 Å². The fourth-order valence-corrected chi connectivity index (χ4v) is 10.2. The molecule has 4 heteroatoms. The van der Waals surface area contributed by atoms with E-state index in [4.69, 9.17) is 16.3 Å². The molecule has 0 aromatic rings. The number of hydrogen-bond donors (Lipinski definition) is 1. The first-order chi connectivity index (χ1) is 16.3. The third kappa shape index (κ3) is 3.54. The van der Waals surface area contributed by atoms with Crippen LogP contribution in [-0.4, -0.2) is 52.8 Å². The number of aliphatic hydroxyl groups excluding tert-OH is 1. The normalized spacial score (nSPS) is 50.9. The number of rotatable bonds is 2. The van der Waals surface area contributed by atoms with Crippen LogP contribution in [0, 0.1) is 35.0 Å². The summed E-state index contributed by atoms with van der Waals surface area (Å²) < 4.78 is 7.16. The highest BCUT2D eigenvalue weighted by Crippen LogP contribution is 2.63. The van der Waals surface area contributed by atoms with Gasteiger partial charge in [-0.05, 0) is 93.8 Å². The van der Waals surface area contributed by atoms with Crippen LogP contribution in [0.25, 0.3) is 0 Å². The van der Waals surface area contributed by atoms with Crippen LogP contribution in [-0.2, 0) is 4.74 Å². The number of likely N-dealkylation sites (tertiary alicyclic amines) is 1. The van der Waals surface area contributed by atoms with Gasteiger partial charge in [-0.2, -0.15) is 0 Å². The smallest absolute Gasteiger partial charge is 0.0765 e. The Morgan fingerprint density at radius 1 is 1.21 bits per heavy atom. The second-order valence-electron chi connectivity index (χ2n) is 13.4. The van der Waals surface area contributed by atoms with E-state index in [1.54, 1.807) is 16.7 Å². The lowest BCUT2D eigenvalue weighted by molar-refractivity contribution is -0.0789. The van der Waals surface area contributed by atoms with E-state index in [1.165, 1.54) is 45.1 Å². The molecule has 34 heavy (non-hydrogen) atoms. The number of aliphatic hydroxyl groups is 1. The van der Waals surface area contributed by atoms with Crippen molar-refractivity contribution in [2.45, 2.75) is 109 Å². The minimum Gasteiger partial charge on any atom is -0.393 e. The molecule has 2 aliphatic heterocycles. The Hall–Kier alpha value is -0.350. The van der Waals surface area contributed by atoms with Crippen molar-refractivity contribution >= 4 is 11.6 Å². The van der Waals surface area contributed by atoms with E-state index in [0.29, 0.717) is 29.4 Å². The molecule has 0 radical (unpaired) electrons. The lowest BCUT2D eigenvalue weighted by atomic mass is 9.56. The average molecular weight is 488 g/mol. The maximum Gasteiger partial charge on any atom is 0.0765 e. The number of allylic oxidation sites excluding steroid dienone is 2. The quantitative estimate of drug-likeness (QED) is 0.364. The van der Waals surface area contributed by atoms with Crippen LogP contribution in [0.3, 0.4) is 0 Å². The summed E-state index contributed by atoms with van der Waals surface area (Å²) in [6.45, 7) is 12.0. The fourth-order valence-electron chi connectivity index (χ4n) is 9.95. The number of hydrogen-bond acceptors (Lipinski definition) is 3. The summed E-state index contributed by atoms with van der Waals surface area (Å²) in [5.74, 6) is 4.27. The Labute approximate surface area is 212 Å². The zero-order valence-electron chi connectivity index (χ0n) is 21.9. The van der Waals surface area contributed by atoms with Gasteiger partial charge in [0.2, 0.25) is 0 Å². The number of nitrogens with zero attached hydrogens (tertiary/aromatic N) is 1. The Bertz CT molecular complexity index is 883. The topological polar surface area (TPSA) is 32.7 Å². The Balaban J connectivity index is 1.27. The molecule has 6 rings (SSSR count). The Kier molecular flexibility index (Phi) is 6.08. The molecule has 0 aromatic heterocycles. The molecule has 0 bridgehead atoms. The monoisotopic (exact) mass is 487 g/mol. The molecule has 1 spiro atoms. The van der Waals surface area contributed by atoms with Crippen molar-refractivity contribution in [2.75, 3.05) is 19.0 Å². The lowest BCUT2D eigenvalue weighted by Gasteiger charge is -2.49. The van der Waals surface area contributed by atoms with E-state index in [1.807, 2.05) is 0 Å². The minimum atomic E-state index is -0.116. The van der Waals surface area contributed by atoms with Gasteiger partial charge in [0, 0.05) is 30.9 Å². The zero-order chi connectivity index (χ0) is 23.8. The lowest BCUT2D eigenvalue weighted by Crippen LogP contribution is -2.52. The molecule has 2 saturated carbocycles. The predicted octanol–water partition coefficient (Wildman–Crippen LogP) is 6.34. The van der Waals surface area contributed by atoms with E-state index in [-0.39, 0.29) is 11.7 Å².